The van der Waals surface area contributed by atoms with Crippen LogP contribution in [0, 0.1) is 17.0 Å². The number of benzene rings is 1. The molecule has 3 aromatic rings. The quantitative estimate of drug-likeness (QED) is 0.541. The fraction of sp³-hybridized carbons (Fsp3) is 0.154. The van der Waals surface area contributed by atoms with Crippen molar-refractivity contribution >= 4 is 17.3 Å². The zero-order chi connectivity index (χ0) is 15.7. The molecule has 0 radical (unpaired) electrons. The van der Waals surface area contributed by atoms with Crippen LogP contribution >= 0.6 is 11.6 Å². The fourth-order valence-electron chi connectivity index (χ4n) is 1.88. The van der Waals surface area contributed by atoms with Crippen LogP contribution in [0.3, 0.4) is 0 Å². The van der Waals surface area contributed by atoms with Gasteiger partial charge >= 0.3 is 0 Å². The maximum absolute atomic E-state index is 10.6. The molecule has 9 heteroatoms. The summed E-state index contributed by atoms with van der Waals surface area (Å²) >= 11 is 5.93. The molecule has 0 spiro atoms. The molecule has 0 aliphatic heterocycles. The van der Waals surface area contributed by atoms with E-state index in [1.807, 2.05) is 6.92 Å². The molecule has 0 N–H and O–H groups in total. The van der Waals surface area contributed by atoms with E-state index >= 15 is 0 Å². The number of hydrogen-bond donors (Lipinski definition) is 0. The van der Waals surface area contributed by atoms with E-state index in [1.54, 1.807) is 23.0 Å². The lowest BCUT2D eigenvalue weighted by Crippen LogP contribution is -2.03. The third-order valence-corrected chi connectivity index (χ3v) is 3.50. The van der Waals surface area contributed by atoms with Crippen LogP contribution in [0.2, 0.25) is 5.02 Å². The monoisotopic (exact) mass is 319 g/mol. The molecule has 0 saturated heterocycles. The van der Waals surface area contributed by atoms with Gasteiger partial charge in [-0.1, -0.05) is 16.8 Å². The number of hydrogen-bond acceptors (Lipinski definition) is 6. The summed E-state index contributed by atoms with van der Waals surface area (Å²) in [6.45, 7) is 2.14. The van der Waals surface area contributed by atoms with E-state index < -0.39 is 4.92 Å². The van der Waals surface area contributed by atoms with Crippen LogP contribution in [0.25, 0.3) is 11.4 Å². The normalized spacial score (nSPS) is 10.8. The summed E-state index contributed by atoms with van der Waals surface area (Å²) < 4.78 is 6.81. The van der Waals surface area contributed by atoms with Gasteiger partial charge in [0, 0.05) is 17.7 Å². The number of rotatable bonds is 4. The molecule has 0 amide bonds. The highest BCUT2D eigenvalue weighted by atomic mass is 35.5. The zero-order valence-corrected chi connectivity index (χ0v) is 12.2. The van der Waals surface area contributed by atoms with Gasteiger partial charge in [-0.05, 0) is 19.1 Å². The molecular weight excluding hydrogens is 310 g/mol. The third kappa shape index (κ3) is 2.68. The van der Waals surface area contributed by atoms with Crippen molar-refractivity contribution in [3.8, 4) is 11.4 Å². The molecule has 2 heterocycles. The molecule has 22 heavy (non-hydrogen) atoms. The van der Waals surface area contributed by atoms with Crippen LogP contribution in [-0.2, 0) is 6.54 Å². The van der Waals surface area contributed by atoms with Crippen molar-refractivity contribution in [3.05, 3.63) is 57.2 Å². The van der Waals surface area contributed by atoms with Gasteiger partial charge in [-0.15, -0.1) is 0 Å². The third-order valence-electron chi connectivity index (χ3n) is 3.13. The predicted octanol–water partition coefficient (Wildman–Crippen LogP) is 2.85. The van der Waals surface area contributed by atoms with Crippen LogP contribution in [-0.4, -0.2) is 24.8 Å². The first-order chi connectivity index (χ1) is 10.5. The molecule has 1 aromatic carbocycles. The molecule has 2 aromatic heterocycles. The van der Waals surface area contributed by atoms with Crippen molar-refractivity contribution in [1.29, 1.82) is 0 Å². The number of aromatic nitrogens is 4. The Hall–Kier alpha value is -2.74. The maximum atomic E-state index is 10.6. The zero-order valence-electron chi connectivity index (χ0n) is 11.4. The smallest absolute Gasteiger partial charge is 0.269 e. The summed E-state index contributed by atoms with van der Waals surface area (Å²) in [7, 11) is 0. The lowest BCUT2D eigenvalue weighted by molar-refractivity contribution is -0.384. The van der Waals surface area contributed by atoms with Gasteiger partial charge in [0.1, 0.15) is 6.54 Å². The number of nitrogens with zero attached hydrogens (tertiary/aromatic N) is 5. The molecule has 8 nitrogen and oxygen atoms in total. The Morgan fingerprint density at radius 3 is 2.68 bits per heavy atom. The Bertz CT molecular complexity index is 825. The highest BCUT2D eigenvalue weighted by Gasteiger charge is 2.13. The Morgan fingerprint density at radius 1 is 1.36 bits per heavy atom. The van der Waals surface area contributed by atoms with Gasteiger partial charge in [-0.25, -0.2) is 0 Å². The molecule has 0 atom stereocenters. The minimum atomic E-state index is -0.463. The van der Waals surface area contributed by atoms with Crippen molar-refractivity contribution in [2.24, 2.45) is 0 Å². The number of nitro groups is 1. The molecular formula is C13H10ClN5O3. The Kier molecular flexibility index (Phi) is 3.60. The molecule has 112 valence electrons. The summed E-state index contributed by atoms with van der Waals surface area (Å²) in [5.74, 6) is 0.733. The predicted molar refractivity (Wildman–Crippen MR) is 77.5 cm³/mol. The van der Waals surface area contributed by atoms with Crippen molar-refractivity contribution in [1.82, 2.24) is 19.9 Å². The summed E-state index contributed by atoms with van der Waals surface area (Å²) in [5, 5.41) is 19.2. The number of non-ortho nitro benzene ring substituents is 1. The molecule has 3 rings (SSSR count). The topological polar surface area (TPSA) is 99.9 Å². The van der Waals surface area contributed by atoms with Gasteiger partial charge in [-0.2, -0.15) is 10.1 Å². The van der Waals surface area contributed by atoms with Crippen LogP contribution in [0.1, 0.15) is 11.6 Å². The van der Waals surface area contributed by atoms with Gasteiger partial charge < -0.3 is 4.52 Å². The fourth-order valence-corrected chi connectivity index (χ4v) is 2.02. The van der Waals surface area contributed by atoms with Crippen LogP contribution in [0.15, 0.2) is 35.0 Å². The van der Waals surface area contributed by atoms with E-state index in [4.69, 9.17) is 16.1 Å². The standard InChI is InChI=1S/C13H10ClN5O3/c1-8-11(14)6-15-18(8)7-12-16-13(17-22-12)9-2-4-10(5-3-9)19(20)21/h2-6H,7H2,1H3. The molecule has 0 fully saturated rings. The van der Waals surface area contributed by atoms with Crippen LogP contribution in [0.4, 0.5) is 5.69 Å². The Balaban J connectivity index is 1.81. The highest BCUT2D eigenvalue weighted by Crippen LogP contribution is 2.20. The van der Waals surface area contributed by atoms with Crippen molar-refractivity contribution in [2.75, 3.05) is 0 Å². The minimum absolute atomic E-state index is 0.00859. The van der Waals surface area contributed by atoms with Crippen LogP contribution < -0.4 is 0 Å². The Labute approximate surface area is 129 Å². The Morgan fingerprint density at radius 2 is 2.09 bits per heavy atom. The largest absolute Gasteiger partial charge is 0.337 e. The summed E-state index contributed by atoms with van der Waals surface area (Å²) in [5.41, 5.74) is 1.45. The van der Waals surface area contributed by atoms with Gasteiger partial charge in [-0.3, -0.25) is 14.8 Å². The second kappa shape index (κ2) is 5.57. The van der Waals surface area contributed by atoms with Gasteiger partial charge in [0.15, 0.2) is 0 Å². The molecule has 0 bridgehead atoms. The van der Waals surface area contributed by atoms with E-state index in [-0.39, 0.29) is 5.69 Å². The van der Waals surface area contributed by atoms with Crippen LogP contribution in [0.5, 0.6) is 0 Å². The molecule has 0 saturated carbocycles. The second-order valence-corrected chi connectivity index (χ2v) is 4.96. The summed E-state index contributed by atoms with van der Waals surface area (Å²) in [4.78, 5) is 14.4. The average Bonchev–Trinajstić information content (AvgIpc) is 3.10. The van der Waals surface area contributed by atoms with Crippen molar-refractivity contribution < 1.29 is 9.45 Å². The minimum Gasteiger partial charge on any atom is -0.337 e. The van der Waals surface area contributed by atoms with E-state index in [1.165, 1.54) is 12.1 Å². The van der Waals surface area contributed by atoms with Crippen molar-refractivity contribution in [3.63, 3.8) is 0 Å². The van der Waals surface area contributed by atoms with Gasteiger partial charge in [0.2, 0.25) is 11.7 Å². The first-order valence-electron chi connectivity index (χ1n) is 6.30. The highest BCUT2D eigenvalue weighted by molar-refractivity contribution is 6.31. The first-order valence-corrected chi connectivity index (χ1v) is 6.67. The van der Waals surface area contributed by atoms with Gasteiger partial charge in [0.25, 0.3) is 5.69 Å². The SMILES string of the molecule is Cc1c(Cl)cnn1Cc1nc(-c2ccc([N+](=O)[O-])cc2)no1. The van der Waals surface area contributed by atoms with E-state index in [9.17, 15) is 10.1 Å². The molecule has 0 aliphatic rings. The maximum Gasteiger partial charge on any atom is 0.269 e. The second-order valence-electron chi connectivity index (χ2n) is 4.55. The number of halogens is 1. The lowest BCUT2D eigenvalue weighted by atomic mass is 10.2. The van der Waals surface area contributed by atoms with E-state index in [2.05, 4.69) is 15.2 Å². The lowest BCUT2D eigenvalue weighted by Gasteiger charge is -1.99. The van der Waals surface area contributed by atoms with E-state index in [0.717, 1.165) is 5.69 Å². The van der Waals surface area contributed by atoms with E-state index in [0.29, 0.717) is 28.8 Å². The molecule has 0 aliphatic carbocycles. The summed E-state index contributed by atoms with van der Waals surface area (Å²) in [6, 6.07) is 5.93. The average molecular weight is 320 g/mol. The molecule has 0 unspecified atom stereocenters. The van der Waals surface area contributed by atoms with Gasteiger partial charge in [0.05, 0.1) is 21.8 Å². The first kappa shape index (κ1) is 14.2. The summed E-state index contributed by atoms with van der Waals surface area (Å²) in [6.07, 6.45) is 1.55. The van der Waals surface area contributed by atoms with Crippen molar-refractivity contribution in [2.45, 2.75) is 13.5 Å². The number of nitro benzene ring substituents is 1.